The number of guanidine groups is 1. The van der Waals surface area contributed by atoms with Gasteiger partial charge < -0.3 is 15.0 Å². The molecular formula is C21H29BrIN5O. The molecule has 4 rings (SSSR count). The Morgan fingerprint density at radius 1 is 1.34 bits per heavy atom. The minimum Gasteiger partial charge on any atom is -0.370 e. The average Bonchev–Trinajstić information content (AvgIpc) is 3.12. The molecular weight excluding hydrogens is 545 g/mol. The molecule has 8 heteroatoms. The Hall–Kier alpha value is -1.13. The summed E-state index contributed by atoms with van der Waals surface area (Å²) in [6, 6.07) is 8.79. The number of ether oxygens (including phenoxy) is 1. The highest BCUT2D eigenvalue weighted by atomic mass is 127. The number of morpholine rings is 1. The van der Waals surface area contributed by atoms with Crippen molar-refractivity contribution < 1.29 is 4.74 Å². The Balaban J connectivity index is 0.00000240. The third-order valence-electron chi connectivity index (χ3n) is 6.03. The van der Waals surface area contributed by atoms with Crippen LogP contribution >= 0.6 is 39.9 Å². The number of aliphatic imine (C=N–C) groups is 1. The number of nitrogens with zero attached hydrogens (tertiary/aromatic N) is 4. The van der Waals surface area contributed by atoms with Gasteiger partial charge in [0.15, 0.2) is 5.96 Å². The molecule has 2 aliphatic rings. The molecule has 1 unspecified atom stereocenters. The van der Waals surface area contributed by atoms with Crippen LogP contribution in [0.15, 0.2) is 46.1 Å². The topological polar surface area (TPSA) is 54.7 Å². The zero-order chi connectivity index (χ0) is 19.6. The predicted octanol–water partition coefficient (Wildman–Crippen LogP) is 3.87. The molecule has 1 saturated carbocycles. The van der Waals surface area contributed by atoms with Gasteiger partial charge in [-0.05, 0) is 30.5 Å². The summed E-state index contributed by atoms with van der Waals surface area (Å²) in [5, 5.41) is 7.94. The number of rotatable bonds is 4. The first-order valence-electron chi connectivity index (χ1n) is 9.91. The summed E-state index contributed by atoms with van der Waals surface area (Å²) in [4.78, 5) is 6.86. The van der Waals surface area contributed by atoms with Crippen LogP contribution in [0.5, 0.6) is 0 Å². The van der Waals surface area contributed by atoms with Crippen LogP contribution in [0.2, 0.25) is 0 Å². The van der Waals surface area contributed by atoms with Crippen LogP contribution in [0.25, 0.3) is 0 Å². The number of benzene rings is 1. The highest BCUT2D eigenvalue weighted by molar-refractivity contribution is 14.0. The zero-order valence-corrected chi connectivity index (χ0v) is 20.9. The third-order valence-corrected chi connectivity index (χ3v) is 6.56. The lowest BCUT2D eigenvalue weighted by Crippen LogP contribution is -2.52. The smallest absolute Gasteiger partial charge is 0.193 e. The molecule has 1 saturated heterocycles. The molecule has 2 aromatic rings. The number of aryl methyl sites for hydroxylation is 1. The van der Waals surface area contributed by atoms with E-state index >= 15 is 0 Å². The summed E-state index contributed by atoms with van der Waals surface area (Å²) in [6.07, 6.45) is 7.68. The van der Waals surface area contributed by atoms with E-state index in [0.29, 0.717) is 6.61 Å². The quantitative estimate of drug-likeness (QED) is 0.343. The fourth-order valence-electron chi connectivity index (χ4n) is 4.20. The van der Waals surface area contributed by atoms with Gasteiger partial charge in [0, 0.05) is 48.8 Å². The fourth-order valence-corrected chi connectivity index (χ4v) is 4.47. The van der Waals surface area contributed by atoms with Gasteiger partial charge in [-0.15, -0.1) is 24.0 Å². The summed E-state index contributed by atoms with van der Waals surface area (Å²) in [5.74, 6) is 0.959. The molecule has 0 bridgehead atoms. The summed E-state index contributed by atoms with van der Waals surface area (Å²) < 4.78 is 8.93. The van der Waals surface area contributed by atoms with E-state index in [1.807, 2.05) is 31.2 Å². The van der Waals surface area contributed by atoms with Gasteiger partial charge in [-0.25, -0.2) is 0 Å². The monoisotopic (exact) mass is 573 g/mol. The van der Waals surface area contributed by atoms with Gasteiger partial charge in [0.25, 0.3) is 0 Å². The molecule has 2 fully saturated rings. The van der Waals surface area contributed by atoms with Gasteiger partial charge in [0.1, 0.15) is 6.10 Å². The number of aromatic nitrogens is 2. The van der Waals surface area contributed by atoms with Crippen molar-refractivity contribution in [1.82, 2.24) is 20.0 Å². The van der Waals surface area contributed by atoms with Crippen LogP contribution in [0.1, 0.15) is 36.5 Å². The lowest BCUT2D eigenvalue weighted by molar-refractivity contribution is -0.00820. The summed E-state index contributed by atoms with van der Waals surface area (Å²) in [6.45, 7) is 3.24. The number of hydrogen-bond donors (Lipinski definition) is 1. The van der Waals surface area contributed by atoms with Crippen molar-refractivity contribution in [3.05, 3.63) is 52.3 Å². The predicted molar refractivity (Wildman–Crippen MR) is 130 cm³/mol. The van der Waals surface area contributed by atoms with Crippen LogP contribution in [0.3, 0.4) is 0 Å². The Morgan fingerprint density at radius 2 is 2.10 bits per heavy atom. The van der Waals surface area contributed by atoms with Gasteiger partial charge in [-0.2, -0.15) is 5.10 Å². The summed E-state index contributed by atoms with van der Waals surface area (Å²) in [5.41, 5.74) is 2.75. The van der Waals surface area contributed by atoms with Crippen LogP contribution in [-0.4, -0.2) is 53.9 Å². The minimum atomic E-state index is 0. The van der Waals surface area contributed by atoms with Crippen LogP contribution < -0.4 is 5.32 Å². The van der Waals surface area contributed by atoms with Crippen molar-refractivity contribution in [3.8, 4) is 0 Å². The first kappa shape index (κ1) is 22.6. The van der Waals surface area contributed by atoms with E-state index < -0.39 is 0 Å². The van der Waals surface area contributed by atoms with Crippen molar-refractivity contribution >= 4 is 45.9 Å². The molecule has 1 aromatic carbocycles. The molecule has 0 spiro atoms. The van der Waals surface area contributed by atoms with Crippen molar-refractivity contribution in [2.24, 2.45) is 12.0 Å². The lowest BCUT2D eigenvalue weighted by Gasteiger charge is -2.44. The highest BCUT2D eigenvalue weighted by Gasteiger charge is 2.39. The minimum absolute atomic E-state index is 0. The second kappa shape index (κ2) is 9.78. The van der Waals surface area contributed by atoms with Gasteiger partial charge in [-0.3, -0.25) is 9.67 Å². The van der Waals surface area contributed by atoms with Gasteiger partial charge in [0.2, 0.25) is 0 Å². The molecule has 1 aromatic heterocycles. The molecule has 2 heterocycles. The van der Waals surface area contributed by atoms with Crippen molar-refractivity contribution in [1.29, 1.82) is 0 Å². The average molecular weight is 574 g/mol. The fraction of sp³-hybridized carbons (Fsp3) is 0.524. The molecule has 0 radical (unpaired) electrons. The van der Waals surface area contributed by atoms with E-state index in [9.17, 15) is 0 Å². The van der Waals surface area contributed by atoms with Crippen molar-refractivity contribution in [2.45, 2.75) is 30.8 Å². The van der Waals surface area contributed by atoms with Crippen LogP contribution in [0, 0.1) is 0 Å². The molecule has 158 valence electrons. The largest absolute Gasteiger partial charge is 0.370 e. The summed E-state index contributed by atoms with van der Waals surface area (Å²) >= 11 is 3.54. The van der Waals surface area contributed by atoms with Crippen LogP contribution in [0.4, 0.5) is 0 Å². The standard InChI is InChI=1S/C21H28BrN5O.HI/c1-23-20(27-10-11-28-19(14-27)16-12-25-26(2)13-16)24-15-21(8-3-9-21)17-4-6-18(22)7-5-17;/h4-7,12-13,19H,3,8-11,14-15H2,1-2H3,(H,23,24);1H. The van der Waals surface area contributed by atoms with E-state index in [-0.39, 0.29) is 35.5 Å². The highest BCUT2D eigenvalue weighted by Crippen LogP contribution is 2.43. The second-order valence-corrected chi connectivity index (χ2v) is 8.71. The van der Waals surface area contributed by atoms with E-state index in [4.69, 9.17) is 4.74 Å². The molecule has 0 amide bonds. The number of hydrogen-bond acceptors (Lipinski definition) is 3. The molecule has 1 aliphatic heterocycles. The molecule has 1 atom stereocenters. The third kappa shape index (κ3) is 4.96. The zero-order valence-electron chi connectivity index (χ0n) is 17.0. The number of nitrogens with one attached hydrogen (secondary N) is 1. The second-order valence-electron chi connectivity index (χ2n) is 7.79. The molecule has 6 nitrogen and oxygen atoms in total. The molecule has 29 heavy (non-hydrogen) atoms. The Kier molecular flexibility index (Phi) is 7.61. The maximum Gasteiger partial charge on any atom is 0.193 e. The van der Waals surface area contributed by atoms with E-state index in [0.717, 1.165) is 35.6 Å². The molecule has 1 N–H and O–H groups in total. The Labute approximate surface area is 198 Å². The van der Waals surface area contributed by atoms with Crippen molar-refractivity contribution in [2.75, 3.05) is 33.3 Å². The summed E-state index contributed by atoms with van der Waals surface area (Å²) in [7, 11) is 3.80. The lowest BCUT2D eigenvalue weighted by atomic mass is 9.64. The van der Waals surface area contributed by atoms with Gasteiger partial charge in [0.05, 0.1) is 19.3 Å². The van der Waals surface area contributed by atoms with Crippen LogP contribution in [-0.2, 0) is 17.2 Å². The van der Waals surface area contributed by atoms with Gasteiger partial charge in [-0.1, -0.05) is 34.5 Å². The normalized spacial score (nSPS) is 21.3. The number of halogens is 2. The van der Waals surface area contributed by atoms with Gasteiger partial charge >= 0.3 is 0 Å². The molecule has 1 aliphatic carbocycles. The first-order chi connectivity index (χ1) is 13.6. The Bertz CT molecular complexity index is 834. The maximum absolute atomic E-state index is 5.98. The SMILES string of the molecule is CN=C(NCC1(c2ccc(Br)cc2)CCC1)N1CCOC(c2cnn(C)c2)C1.I. The maximum atomic E-state index is 5.98. The van der Waals surface area contributed by atoms with E-state index in [1.165, 1.54) is 24.8 Å². The van der Waals surface area contributed by atoms with E-state index in [2.05, 4.69) is 60.5 Å². The Morgan fingerprint density at radius 3 is 2.69 bits per heavy atom. The van der Waals surface area contributed by atoms with E-state index in [1.54, 1.807) is 0 Å². The first-order valence-corrected chi connectivity index (χ1v) is 10.7. The van der Waals surface area contributed by atoms with Crippen molar-refractivity contribution in [3.63, 3.8) is 0 Å².